The number of aryl methyl sites for hydroxylation is 1. The predicted octanol–water partition coefficient (Wildman–Crippen LogP) is 2.78. The molecule has 1 saturated heterocycles. The Labute approximate surface area is 126 Å². The van der Waals surface area contributed by atoms with Crippen molar-refractivity contribution in [2.75, 3.05) is 18.0 Å². The van der Waals surface area contributed by atoms with Gasteiger partial charge < -0.3 is 10.0 Å². The van der Waals surface area contributed by atoms with E-state index in [1.165, 1.54) is 6.42 Å². The maximum absolute atomic E-state index is 11.8. The first kappa shape index (κ1) is 15.7. The quantitative estimate of drug-likeness (QED) is 0.924. The highest BCUT2D eigenvalue weighted by Crippen LogP contribution is 2.29. The monoisotopic (exact) mass is 291 g/mol. The molecule has 21 heavy (non-hydrogen) atoms. The van der Waals surface area contributed by atoms with Gasteiger partial charge in [0, 0.05) is 13.1 Å². The number of carboxylic acids is 1. The van der Waals surface area contributed by atoms with Gasteiger partial charge in [0.05, 0.1) is 5.69 Å². The summed E-state index contributed by atoms with van der Waals surface area (Å²) in [6.07, 6.45) is 2.57. The lowest BCUT2D eigenvalue weighted by molar-refractivity contribution is 0.0695. The van der Waals surface area contributed by atoms with Gasteiger partial charge in [-0.2, -0.15) is 5.10 Å². The Morgan fingerprint density at radius 1 is 1.19 bits per heavy atom. The Balaban J connectivity index is 2.50. The van der Waals surface area contributed by atoms with Crippen molar-refractivity contribution in [3.05, 3.63) is 16.8 Å². The van der Waals surface area contributed by atoms with Crippen LogP contribution in [-0.4, -0.2) is 34.4 Å². The van der Waals surface area contributed by atoms with E-state index in [1.54, 1.807) is 0 Å². The van der Waals surface area contributed by atoms with Crippen molar-refractivity contribution >= 4 is 11.8 Å². The number of hydrogen-bond donors (Lipinski definition) is 1. The molecule has 5 nitrogen and oxygen atoms in total. The number of anilines is 1. The van der Waals surface area contributed by atoms with Crippen molar-refractivity contribution in [3.8, 4) is 0 Å². The van der Waals surface area contributed by atoms with Crippen LogP contribution in [0.25, 0.3) is 0 Å². The third-order valence-electron chi connectivity index (χ3n) is 4.21. The predicted molar refractivity (Wildman–Crippen MR) is 82.9 cm³/mol. The number of hydrogen-bond acceptors (Lipinski definition) is 4. The smallest absolute Gasteiger partial charge is 0.339 e. The lowest BCUT2D eigenvalue weighted by Gasteiger charge is -2.36. The van der Waals surface area contributed by atoms with E-state index in [0.29, 0.717) is 36.1 Å². The van der Waals surface area contributed by atoms with Crippen molar-refractivity contribution < 1.29 is 9.90 Å². The van der Waals surface area contributed by atoms with Gasteiger partial charge in [-0.15, -0.1) is 5.10 Å². The average Bonchev–Trinajstić information content (AvgIpc) is 2.44. The molecular formula is C16H25N3O2. The summed E-state index contributed by atoms with van der Waals surface area (Å²) < 4.78 is 0. The summed E-state index contributed by atoms with van der Waals surface area (Å²) in [5, 5.41) is 18.2. The second-order valence-electron chi connectivity index (χ2n) is 6.19. The fraction of sp³-hybridized carbons (Fsp3) is 0.688. The molecule has 1 aliphatic heterocycles. The minimum atomic E-state index is -0.891. The zero-order valence-electron chi connectivity index (χ0n) is 13.4. The fourth-order valence-electron chi connectivity index (χ4n) is 3.44. The Kier molecular flexibility index (Phi) is 4.80. The molecule has 1 aromatic heterocycles. The molecule has 1 N–H and O–H groups in total. The van der Waals surface area contributed by atoms with E-state index in [2.05, 4.69) is 28.9 Å². The normalized spacial score (nSPS) is 22.4. The zero-order chi connectivity index (χ0) is 15.6. The van der Waals surface area contributed by atoms with Gasteiger partial charge in [-0.3, -0.25) is 0 Å². The van der Waals surface area contributed by atoms with Crippen molar-refractivity contribution in [1.29, 1.82) is 0 Å². The van der Waals surface area contributed by atoms with E-state index in [4.69, 9.17) is 0 Å². The SMILES string of the molecule is CCc1nnc(N2CC(C)CC(C)C2)c(C(=O)O)c1CC. The van der Waals surface area contributed by atoms with Gasteiger partial charge in [-0.1, -0.05) is 27.7 Å². The van der Waals surface area contributed by atoms with Crippen LogP contribution in [0.4, 0.5) is 5.82 Å². The van der Waals surface area contributed by atoms with Crippen LogP contribution in [0.3, 0.4) is 0 Å². The van der Waals surface area contributed by atoms with Crippen molar-refractivity contribution in [2.24, 2.45) is 11.8 Å². The molecule has 0 radical (unpaired) electrons. The number of piperidine rings is 1. The maximum Gasteiger partial charge on any atom is 0.339 e. The lowest BCUT2D eigenvalue weighted by atomic mass is 9.91. The first-order valence-electron chi connectivity index (χ1n) is 7.84. The highest BCUT2D eigenvalue weighted by molar-refractivity contribution is 5.95. The van der Waals surface area contributed by atoms with Crippen molar-refractivity contribution in [1.82, 2.24) is 10.2 Å². The molecule has 0 amide bonds. The second kappa shape index (κ2) is 6.41. The van der Waals surface area contributed by atoms with Crippen LogP contribution in [0.2, 0.25) is 0 Å². The molecule has 1 aliphatic rings. The van der Waals surface area contributed by atoms with Gasteiger partial charge in [-0.05, 0) is 36.7 Å². The van der Waals surface area contributed by atoms with Gasteiger partial charge in [0.15, 0.2) is 5.82 Å². The van der Waals surface area contributed by atoms with Crippen LogP contribution in [0.1, 0.15) is 55.7 Å². The Morgan fingerprint density at radius 3 is 2.29 bits per heavy atom. The Morgan fingerprint density at radius 2 is 1.81 bits per heavy atom. The van der Waals surface area contributed by atoms with Gasteiger partial charge in [0.25, 0.3) is 0 Å². The first-order valence-corrected chi connectivity index (χ1v) is 7.84. The molecule has 5 heteroatoms. The number of nitrogens with zero attached hydrogens (tertiary/aromatic N) is 3. The summed E-state index contributed by atoms with van der Waals surface area (Å²) in [5.41, 5.74) is 1.99. The van der Waals surface area contributed by atoms with Crippen LogP contribution in [-0.2, 0) is 12.8 Å². The Hall–Kier alpha value is -1.65. The average molecular weight is 291 g/mol. The molecule has 2 unspecified atom stereocenters. The number of aromatic carboxylic acids is 1. The lowest BCUT2D eigenvalue weighted by Crippen LogP contribution is -2.40. The molecule has 2 rings (SSSR count). The van der Waals surface area contributed by atoms with Gasteiger partial charge in [-0.25, -0.2) is 4.79 Å². The zero-order valence-corrected chi connectivity index (χ0v) is 13.4. The molecular weight excluding hydrogens is 266 g/mol. The van der Waals surface area contributed by atoms with Gasteiger partial charge >= 0.3 is 5.97 Å². The molecule has 1 aromatic rings. The molecule has 2 heterocycles. The number of rotatable bonds is 4. The summed E-state index contributed by atoms with van der Waals surface area (Å²) in [4.78, 5) is 13.9. The third kappa shape index (κ3) is 3.17. The summed E-state index contributed by atoms with van der Waals surface area (Å²) in [5.74, 6) is 0.758. The van der Waals surface area contributed by atoms with Crippen molar-refractivity contribution in [3.63, 3.8) is 0 Å². The van der Waals surface area contributed by atoms with Crippen LogP contribution >= 0.6 is 0 Å². The summed E-state index contributed by atoms with van der Waals surface area (Å²) in [7, 11) is 0. The van der Waals surface area contributed by atoms with E-state index >= 15 is 0 Å². The first-order chi connectivity index (χ1) is 9.97. The summed E-state index contributed by atoms with van der Waals surface area (Å²) in [6.45, 7) is 10.1. The van der Waals surface area contributed by atoms with Crippen LogP contribution < -0.4 is 4.90 Å². The molecule has 0 spiro atoms. The molecule has 1 fully saturated rings. The van der Waals surface area contributed by atoms with Gasteiger partial charge in [0.1, 0.15) is 5.56 Å². The molecule has 0 saturated carbocycles. The minimum Gasteiger partial charge on any atom is -0.478 e. The van der Waals surface area contributed by atoms with Gasteiger partial charge in [0.2, 0.25) is 0 Å². The fourth-order valence-corrected chi connectivity index (χ4v) is 3.44. The minimum absolute atomic E-state index is 0.352. The summed E-state index contributed by atoms with van der Waals surface area (Å²) in [6, 6.07) is 0. The maximum atomic E-state index is 11.8. The topological polar surface area (TPSA) is 66.3 Å². The summed E-state index contributed by atoms with van der Waals surface area (Å²) >= 11 is 0. The third-order valence-corrected chi connectivity index (χ3v) is 4.21. The van der Waals surface area contributed by atoms with E-state index in [0.717, 1.165) is 24.3 Å². The standard InChI is InChI=1S/C16H25N3O2/c1-5-12-13(6-2)17-18-15(14(12)16(20)21)19-8-10(3)7-11(4)9-19/h10-11H,5-9H2,1-4H3,(H,20,21). The molecule has 0 bridgehead atoms. The van der Waals surface area contributed by atoms with E-state index < -0.39 is 5.97 Å². The highest BCUT2D eigenvalue weighted by atomic mass is 16.4. The van der Waals surface area contributed by atoms with E-state index in [1.807, 2.05) is 13.8 Å². The number of carbonyl (C=O) groups is 1. The molecule has 0 aliphatic carbocycles. The van der Waals surface area contributed by atoms with Crippen LogP contribution in [0, 0.1) is 11.8 Å². The number of aromatic nitrogens is 2. The number of carboxylic acid groups (broad SMARTS) is 1. The molecule has 2 atom stereocenters. The van der Waals surface area contributed by atoms with Crippen molar-refractivity contribution in [2.45, 2.75) is 47.0 Å². The highest BCUT2D eigenvalue weighted by Gasteiger charge is 2.29. The molecule has 0 aromatic carbocycles. The van der Waals surface area contributed by atoms with Crippen LogP contribution in [0.15, 0.2) is 0 Å². The van der Waals surface area contributed by atoms with E-state index in [-0.39, 0.29) is 0 Å². The van der Waals surface area contributed by atoms with Crippen LogP contribution in [0.5, 0.6) is 0 Å². The van der Waals surface area contributed by atoms with E-state index in [9.17, 15) is 9.90 Å². The second-order valence-corrected chi connectivity index (χ2v) is 6.19. The Bertz CT molecular complexity index is 520. The molecule has 116 valence electrons. The largest absolute Gasteiger partial charge is 0.478 e.